The number of anilines is 1. The molecule has 158 valence electrons. The van der Waals surface area contributed by atoms with Gasteiger partial charge in [0.05, 0.1) is 17.7 Å². The van der Waals surface area contributed by atoms with Gasteiger partial charge in [0.25, 0.3) is 10.0 Å². The van der Waals surface area contributed by atoms with Crippen LogP contribution in [0.2, 0.25) is 0 Å². The number of hydrogen-bond acceptors (Lipinski definition) is 5. The zero-order chi connectivity index (χ0) is 21.3. The molecule has 0 saturated heterocycles. The fraction of sp³-hybridized carbons (Fsp3) is 0.381. The van der Waals surface area contributed by atoms with Crippen LogP contribution in [0.15, 0.2) is 53.4 Å². The standard InChI is InChI=1S/C21H28N2O5S/c1-17-8-14-20(15-9-17)29(26,27)23(18-10-12-19(28-2)13-11-18)16-6-4-3-5-7-21(24)22-25/h8-15,25H,3-7,16H2,1-2H3,(H,22,24). The van der Waals surface area contributed by atoms with Crippen LogP contribution >= 0.6 is 0 Å². The van der Waals surface area contributed by atoms with Gasteiger partial charge in [0.15, 0.2) is 0 Å². The van der Waals surface area contributed by atoms with E-state index >= 15 is 0 Å². The van der Waals surface area contributed by atoms with Crippen LogP contribution in [0.3, 0.4) is 0 Å². The van der Waals surface area contributed by atoms with Crippen molar-refractivity contribution in [1.29, 1.82) is 0 Å². The Kier molecular flexibility index (Phi) is 8.48. The quantitative estimate of drug-likeness (QED) is 0.329. The van der Waals surface area contributed by atoms with Crippen LogP contribution in [0.5, 0.6) is 5.75 Å². The third kappa shape index (κ3) is 6.47. The molecule has 29 heavy (non-hydrogen) atoms. The van der Waals surface area contributed by atoms with E-state index in [-0.39, 0.29) is 11.3 Å². The smallest absolute Gasteiger partial charge is 0.264 e. The molecule has 0 spiro atoms. The Morgan fingerprint density at radius 2 is 1.62 bits per heavy atom. The predicted octanol–water partition coefficient (Wildman–Crippen LogP) is 3.65. The van der Waals surface area contributed by atoms with Gasteiger partial charge in [0, 0.05) is 13.0 Å². The number of sulfonamides is 1. The molecule has 7 nitrogen and oxygen atoms in total. The lowest BCUT2D eigenvalue weighted by Gasteiger charge is -2.25. The second-order valence-electron chi connectivity index (χ2n) is 6.79. The number of nitrogens with zero attached hydrogens (tertiary/aromatic N) is 1. The van der Waals surface area contributed by atoms with Crippen molar-refractivity contribution in [3.8, 4) is 5.75 Å². The Labute approximate surface area is 172 Å². The lowest BCUT2D eigenvalue weighted by atomic mass is 10.1. The van der Waals surface area contributed by atoms with E-state index in [9.17, 15) is 13.2 Å². The lowest BCUT2D eigenvalue weighted by Crippen LogP contribution is -2.32. The third-order valence-corrected chi connectivity index (χ3v) is 6.45. The highest BCUT2D eigenvalue weighted by Gasteiger charge is 2.24. The molecule has 0 unspecified atom stereocenters. The summed E-state index contributed by atoms with van der Waals surface area (Å²) >= 11 is 0. The first-order valence-corrected chi connectivity index (χ1v) is 11.0. The summed E-state index contributed by atoms with van der Waals surface area (Å²) in [6.07, 6.45) is 3.08. The van der Waals surface area contributed by atoms with Crippen LogP contribution in [-0.4, -0.2) is 33.2 Å². The van der Waals surface area contributed by atoms with Gasteiger partial charge in [-0.1, -0.05) is 30.5 Å². The molecule has 2 N–H and O–H groups in total. The van der Waals surface area contributed by atoms with Crippen LogP contribution in [-0.2, 0) is 14.8 Å². The van der Waals surface area contributed by atoms with E-state index in [2.05, 4.69) is 0 Å². The maximum atomic E-state index is 13.3. The van der Waals surface area contributed by atoms with Gasteiger partial charge in [-0.25, -0.2) is 13.9 Å². The molecule has 0 bridgehead atoms. The average molecular weight is 421 g/mol. The van der Waals surface area contributed by atoms with Crippen molar-refractivity contribution < 1.29 is 23.2 Å². The molecule has 0 fully saturated rings. The Morgan fingerprint density at radius 1 is 1.00 bits per heavy atom. The van der Waals surface area contributed by atoms with Crippen LogP contribution in [0.4, 0.5) is 5.69 Å². The zero-order valence-electron chi connectivity index (χ0n) is 16.8. The molecule has 0 heterocycles. The summed E-state index contributed by atoms with van der Waals surface area (Å²) in [5.41, 5.74) is 3.18. The second kappa shape index (κ2) is 10.8. The number of rotatable bonds is 11. The number of hydrogen-bond donors (Lipinski definition) is 2. The van der Waals surface area contributed by atoms with Crippen LogP contribution in [0, 0.1) is 6.92 Å². The van der Waals surface area contributed by atoms with Gasteiger partial charge in [-0.2, -0.15) is 0 Å². The number of unbranched alkanes of at least 4 members (excludes halogenated alkanes) is 3. The number of aryl methyl sites for hydroxylation is 1. The highest BCUT2D eigenvalue weighted by molar-refractivity contribution is 7.92. The molecule has 0 atom stereocenters. The van der Waals surface area contributed by atoms with Crippen LogP contribution < -0.4 is 14.5 Å². The topological polar surface area (TPSA) is 95.9 Å². The van der Waals surface area contributed by atoms with Gasteiger partial charge in [0.2, 0.25) is 5.91 Å². The number of hydroxylamine groups is 1. The number of carbonyl (C=O) groups excluding carboxylic acids is 1. The number of amides is 1. The van der Waals surface area contributed by atoms with Crippen molar-refractivity contribution in [3.63, 3.8) is 0 Å². The normalized spacial score (nSPS) is 11.1. The SMILES string of the molecule is COc1ccc(N(CCCCCCC(=O)NO)S(=O)(=O)c2ccc(C)cc2)cc1. The molecule has 8 heteroatoms. The Balaban J connectivity index is 2.13. The van der Waals surface area contributed by atoms with Crippen molar-refractivity contribution in [3.05, 3.63) is 54.1 Å². The number of ether oxygens (including phenoxy) is 1. The largest absolute Gasteiger partial charge is 0.497 e. The van der Waals surface area contributed by atoms with E-state index in [1.165, 1.54) is 4.31 Å². The van der Waals surface area contributed by atoms with Crippen molar-refractivity contribution >= 4 is 21.6 Å². The molecular formula is C21H28N2O5S. The van der Waals surface area contributed by atoms with Gasteiger partial charge in [-0.15, -0.1) is 0 Å². The number of benzene rings is 2. The number of methoxy groups -OCH3 is 1. The first-order valence-electron chi connectivity index (χ1n) is 9.55. The molecule has 0 radical (unpaired) electrons. The number of nitrogens with one attached hydrogen (secondary N) is 1. The highest BCUT2D eigenvalue weighted by atomic mass is 32.2. The number of carbonyl (C=O) groups is 1. The van der Waals surface area contributed by atoms with Gasteiger partial charge in [-0.3, -0.25) is 14.3 Å². The van der Waals surface area contributed by atoms with Gasteiger partial charge in [-0.05, 0) is 56.2 Å². The van der Waals surface area contributed by atoms with E-state index in [1.807, 2.05) is 6.92 Å². The van der Waals surface area contributed by atoms with Crippen LogP contribution in [0.25, 0.3) is 0 Å². The summed E-state index contributed by atoms with van der Waals surface area (Å²) in [6, 6.07) is 13.7. The van der Waals surface area contributed by atoms with Gasteiger partial charge >= 0.3 is 0 Å². The molecule has 2 aromatic rings. The predicted molar refractivity (Wildman–Crippen MR) is 112 cm³/mol. The molecular weight excluding hydrogens is 392 g/mol. The monoisotopic (exact) mass is 420 g/mol. The minimum atomic E-state index is -3.71. The van der Waals surface area contributed by atoms with E-state index in [0.29, 0.717) is 30.8 Å². The highest BCUT2D eigenvalue weighted by Crippen LogP contribution is 2.26. The van der Waals surface area contributed by atoms with Crippen molar-refractivity contribution in [2.45, 2.75) is 43.9 Å². The van der Waals surface area contributed by atoms with E-state index in [4.69, 9.17) is 9.94 Å². The first-order chi connectivity index (χ1) is 13.9. The molecule has 0 aromatic heterocycles. The summed E-state index contributed by atoms with van der Waals surface area (Å²) < 4.78 is 33.1. The molecule has 0 aliphatic rings. The van der Waals surface area contributed by atoms with E-state index < -0.39 is 15.9 Å². The zero-order valence-corrected chi connectivity index (χ0v) is 17.6. The summed E-state index contributed by atoms with van der Waals surface area (Å²) in [5, 5.41) is 8.51. The minimum absolute atomic E-state index is 0.249. The summed E-state index contributed by atoms with van der Waals surface area (Å²) in [5.74, 6) is 0.246. The van der Waals surface area contributed by atoms with E-state index in [0.717, 1.165) is 18.4 Å². The lowest BCUT2D eigenvalue weighted by molar-refractivity contribution is -0.129. The van der Waals surface area contributed by atoms with Crippen molar-refractivity contribution in [2.24, 2.45) is 0 Å². The maximum absolute atomic E-state index is 13.3. The Hall–Kier alpha value is -2.58. The summed E-state index contributed by atoms with van der Waals surface area (Å²) in [4.78, 5) is 11.3. The fourth-order valence-corrected chi connectivity index (χ4v) is 4.43. The van der Waals surface area contributed by atoms with Crippen LogP contribution in [0.1, 0.15) is 37.7 Å². The summed E-state index contributed by atoms with van der Waals surface area (Å²) in [6.45, 7) is 2.24. The third-order valence-electron chi connectivity index (χ3n) is 4.61. The second-order valence-corrected chi connectivity index (χ2v) is 8.65. The molecule has 0 aliphatic heterocycles. The summed E-state index contributed by atoms with van der Waals surface area (Å²) in [7, 11) is -2.14. The molecule has 2 rings (SSSR count). The average Bonchev–Trinajstić information content (AvgIpc) is 2.73. The van der Waals surface area contributed by atoms with Gasteiger partial charge < -0.3 is 4.74 Å². The Bertz CT molecular complexity index is 880. The molecule has 0 saturated carbocycles. The minimum Gasteiger partial charge on any atom is -0.497 e. The van der Waals surface area contributed by atoms with Crippen molar-refractivity contribution in [2.75, 3.05) is 18.0 Å². The maximum Gasteiger partial charge on any atom is 0.264 e. The fourth-order valence-electron chi connectivity index (χ4n) is 2.92. The molecule has 1 amide bonds. The molecule has 0 aliphatic carbocycles. The Morgan fingerprint density at radius 3 is 2.21 bits per heavy atom. The molecule has 2 aromatic carbocycles. The van der Waals surface area contributed by atoms with E-state index in [1.54, 1.807) is 61.1 Å². The van der Waals surface area contributed by atoms with Gasteiger partial charge in [0.1, 0.15) is 5.75 Å². The first kappa shape index (κ1) is 22.7. The van der Waals surface area contributed by atoms with Crippen molar-refractivity contribution in [1.82, 2.24) is 5.48 Å².